The first kappa shape index (κ1) is 14.7. The van der Waals surface area contributed by atoms with E-state index in [1.165, 1.54) is 6.07 Å². The van der Waals surface area contributed by atoms with Crippen LogP contribution in [-0.4, -0.2) is 16.5 Å². The molecule has 0 saturated heterocycles. The number of aromatic nitrogens is 2. The van der Waals surface area contributed by atoms with Gasteiger partial charge in [-0.1, -0.05) is 6.92 Å². The van der Waals surface area contributed by atoms with Gasteiger partial charge in [-0.05, 0) is 47.5 Å². The quantitative estimate of drug-likeness (QED) is 0.882. The Hall–Kier alpha value is -1.69. The lowest BCUT2D eigenvalue weighted by Gasteiger charge is -2.09. The molecule has 0 atom stereocenters. The third-order valence-corrected chi connectivity index (χ3v) is 3.09. The van der Waals surface area contributed by atoms with E-state index in [9.17, 15) is 4.39 Å². The number of benzene rings is 1. The first-order chi connectivity index (χ1) is 9.58. The molecule has 0 unspecified atom stereocenters. The normalized spacial score (nSPS) is 10.4. The van der Waals surface area contributed by atoms with Gasteiger partial charge in [-0.25, -0.2) is 9.37 Å². The monoisotopic (exact) mass is 339 g/mol. The fraction of sp³-hybridized carbons (Fsp3) is 0.286. The number of hydrogen-bond acceptors (Lipinski definition) is 4. The molecule has 106 valence electrons. The number of ether oxygens (including phenoxy) is 1. The molecule has 0 aliphatic carbocycles. The molecule has 6 heteroatoms. The zero-order chi connectivity index (χ0) is 14.5. The smallest absolute Gasteiger partial charge is 0.226 e. The number of nitrogens with zero attached hydrogens (tertiary/aromatic N) is 2. The fourth-order valence-electron chi connectivity index (χ4n) is 1.57. The zero-order valence-corrected chi connectivity index (χ0v) is 12.9. The Morgan fingerprint density at radius 2 is 2.10 bits per heavy atom. The maximum absolute atomic E-state index is 13.2. The minimum atomic E-state index is -0.332. The van der Waals surface area contributed by atoms with Crippen LogP contribution in [0.2, 0.25) is 0 Å². The van der Waals surface area contributed by atoms with E-state index in [-0.39, 0.29) is 5.82 Å². The van der Waals surface area contributed by atoms with Crippen molar-refractivity contribution < 1.29 is 9.13 Å². The highest BCUT2D eigenvalue weighted by atomic mass is 79.9. The molecule has 1 aromatic heterocycles. The summed E-state index contributed by atoms with van der Waals surface area (Å²) in [6.45, 7) is 4.73. The molecule has 4 nitrogen and oxygen atoms in total. The van der Waals surface area contributed by atoms with Crippen LogP contribution in [0.3, 0.4) is 0 Å². The third kappa shape index (κ3) is 3.90. The lowest BCUT2D eigenvalue weighted by atomic mass is 10.3. The summed E-state index contributed by atoms with van der Waals surface area (Å²) < 4.78 is 19.1. The van der Waals surface area contributed by atoms with Crippen molar-refractivity contribution >= 4 is 21.9 Å². The van der Waals surface area contributed by atoms with Gasteiger partial charge in [0.1, 0.15) is 11.6 Å². The second kappa shape index (κ2) is 6.65. The Bertz CT molecular complexity index is 607. The summed E-state index contributed by atoms with van der Waals surface area (Å²) in [5.74, 6) is 1.14. The van der Waals surface area contributed by atoms with Gasteiger partial charge < -0.3 is 10.1 Å². The highest BCUT2D eigenvalue weighted by Gasteiger charge is 2.06. The Kier molecular flexibility index (Phi) is 4.89. The lowest BCUT2D eigenvalue weighted by molar-refractivity contribution is 0.459. The minimum Gasteiger partial charge on any atom is -0.439 e. The van der Waals surface area contributed by atoms with E-state index in [1.54, 1.807) is 18.2 Å². The van der Waals surface area contributed by atoms with Crippen LogP contribution in [-0.2, 0) is 0 Å². The van der Waals surface area contributed by atoms with Crippen molar-refractivity contribution in [2.24, 2.45) is 0 Å². The van der Waals surface area contributed by atoms with Crippen LogP contribution in [0.1, 0.15) is 19.0 Å². The molecule has 0 aliphatic heterocycles. The number of aryl methyl sites for hydroxylation is 1. The number of halogens is 2. The Morgan fingerprint density at radius 3 is 2.80 bits per heavy atom. The molecule has 0 bridgehead atoms. The standard InChI is InChI=1S/C14H15BrFN3O/c1-3-6-17-14-18-9(2)7-13(19-14)20-10-4-5-12(16)11(15)8-10/h4-5,7-8H,3,6H2,1-2H3,(H,17,18,19). The average Bonchev–Trinajstić information content (AvgIpc) is 2.40. The van der Waals surface area contributed by atoms with E-state index >= 15 is 0 Å². The maximum Gasteiger partial charge on any atom is 0.226 e. The molecule has 2 aromatic rings. The average molecular weight is 340 g/mol. The van der Waals surface area contributed by atoms with E-state index in [1.807, 2.05) is 6.92 Å². The second-order valence-corrected chi connectivity index (χ2v) is 5.13. The summed E-state index contributed by atoms with van der Waals surface area (Å²) in [5.41, 5.74) is 0.801. The molecule has 0 saturated carbocycles. The van der Waals surface area contributed by atoms with Gasteiger partial charge in [-0.15, -0.1) is 0 Å². The topological polar surface area (TPSA) is 47.0 Å². The molecular formula is C14H15BrFN3O. The minimum absolute atomic E-state index is 0.332. The maximum atomic E-state index is 13.2. The highest BCUT2D eigenvalue weighted by Crippen LogP contribution is 2.26. The summed E-state index contributed by atoms with van der Waals surface area (Å²) >= 11 is 3.12. The first-order valence-corrected chi connectivity index (χ1v) is 7.10. The van der Waals surface area contributed by atoms with E-state index in [4.69, 9.17) is 4.74 Å². The Morgan fingerprint density at radius 1 is 1.30 bits per heavy atom. The van der Waals surface area contributed by atoms with Crippen molar-refractivity contribution in [1.29, 1.82) is 0 Å². The number of hydrogen-bond donors (Lipinski definition) is 1. The van der Waals surface area contributed by atoms with E-state index in [0.717, 1.165) is 18.7 Å². The van der Waals surface area contributed by atoms with Gasteiger partial charge in [0, 0.05) is 18.3 Å². The highest BCUT2D eigenvalue weighted by molar-refractivity contribution is 9.10. The van der Waals surface area contributed by atoms with E-state index < -0.39 is 0 Å². The molecule has 0 amide bonds. The van der Waals surface area contributed by atoms with Crippen molar-refractivity contribution in [3.8, 4) is 11.6 Å². The van der Waals surface area contributed by atoms with Crippen molar-refractivity contribution in [2.75, 3.05) is 11.9 Å². The van der Waals surface area contributed by atoms with Gasteiger partial charge in [0.15, 0.2) is 0 Å². The van der Waals surface area contributed by atoms with Crippen molar-refractivity contribution in [3.05, 3.63) is 40.2 Å². The Labute approximate surface area is 125 Å². The summed E-state index contributed by atoms with van der Waals surface area (Å²) in [6, 6.07) is 6.18. The summed E-state index contributed by atoms with van der Waals surface area (Å²) in [4.78, 5) is 8.54. The molecule has 0 aliphatic rings. The van der Waals surface area contributed by atoms with Crippen LogP contribution in [0.4, 0.5) is 10.3 Å². The lowest BCUT2D eigenvalue weighted by Crippen LogP contribution is -2.05. The van der Waals surface area contributed by atoms with Gasteiger partial charge in [-0.2, -0.15) is 4.98 Å². The molecule has 1 heterocycles. The van der Waals surface area contributed by atoms with Crippen LogP contribution in [0.15, 0.2) is 28.7 Å². The van der Waals surface area contributed by atoms with Crippen LogP contribution in [0, 0.1) is 12.7 Å². The van der Waals surface area contributed by atoms with Crippen LogP contribution >= 0.6 is 15.9 Å². The van der Waals surface area contributed by atoms with Crippen LogP contribution in [0.5, 0.6) is 11.6 Å². The van der Waals surface area contributed by atoms with E-state index in [0.29, 0.717) is 22.1 Å². The largest absolute Gasteiger partial charge is 0.439 e. The summed E-state index contributed by atoms with van der Waals surface area (Å²) in [6.07, 6.45) is 0.985. The Balaban J connectivity index is 2.19. The van der Waals surface area contributed by atoms with Crippen molar-refractivity contribution in [3.63, 3.8) is 0 Å². The molecule has 2 rings (SSSR count). The molecular weight excluding hydrogens is 325 g/mol. The van der Waals surface area contributed by atoms with Crippen LogP contribution in [0.25, 0.3) is 0 Å². The van der Waals surface area contributed by atoms with Gasteiger partial charge >= 0.3 is 0 Å². The predicted octanol–water partition coefficient (Wildman–Crippen LogP) is 4.30. The second-order valence-electron chi connectivity index (χ2n) is 4.28. The van der Waals surface area contributed by atoms with Gasteiger partial charge in [0.25, 0.3) is 0 Å². The summed E-state index contributed by atoms with van der Waals surface area (Å²) in [5, 5.41) is 3.11. The third-order valence-electron chi connectivity index (χ3n) is 2.48. The first-order valence-electron chi connectivity index (χ1n) is 6.31. The predicted molar refractivity (Wildman–Crippen MR) is 79.7 cm³/mol. The fourth-order valence-corrected chi connectivity index (χ4v) is 1.93. The number of nitrogens with one attached hydrogen (secondary N) is 1. The molecule has 1 aromatic carbocycles. The summed E-state index contributed by atoms with van der Waals surface area (Å²) in [7, 11) is 0. The number of anilines is 1. The molecule has 0 radical (unpaired) electrons. The molecule has 0 spiro atoms. The van der Waals surface area contributed by atoms with Crippen molar-refractivity contribution in [2.45, 2.75) is 20.3 Å². The number of rotatable bonds is 5. The zero-order valence-electron chi connectivity index (χ0n) is 11.3. The van der Waals surface area contributed by atoms with E-state index in [2.05, 4.69) is 38.1 Å². The van der Waals surface area contributed by atoms with Gasteiger partial charge in [0.2, 0.25) is 11.8 Å². The molecule has 1 N–H and O–H groups in total. The SMILES string of the molecule is CCCNc1nc(C)cc(Oc2ccc(F)c(Br)c2)n1. The van der Waals surface area contributed by atoms with Crippen LogP contribution < -0.4 is 10.1 Å². The molecule has 0 fully saturated rings. The van der Waals surface area contributed by atoms with Gasteiger partial charge in [0.05, 0.1) is 4.47 Å². The van der Waals surface area contributed by atoms with Crippen molar-refractivity contribution in [1.82, 2.24) is 9.97 Å². The van der Waals surface area contributed by atoms with Gasteiger partial charge in [-0.3, -0.25) is 0 Å². The molecule has 20 heavy (non-hydrogen) atoms.